The number of alkyl halides is 1. The smallest absolute Gasteiger partial charge is 0.313 e. The molecule has 0 fully saturated rings. The summed E-state index contributed by atoms with van der Waals surface area (Å²) in [5, 5.41) is 0. The number of carbonyl (C=O) groups excluding carboxylic acids is 2. The van der Waals surface area contributed by atoms with E-state index in [1.54, 1.807) is 6.92 Å². The maximum atomic E-state index is 11.9. The SMILES string of the molecule is CCOC(=O)CC(=O)c1ccc(CCCCCCCI)s1. The van der Waals surface area contributed by atoms with Crippen LogP contribution in [0, 0.1) is 0 Å². The topological polar surface area (TPSA) is 43.4 Å². The number of esters is 1. The van der Waals surface area contributed by atoms with Crippen molar-refractivity contribution in [2.45, 2.75) is 51.9 Å². The number of hydrogen-bond donors (Lipinski definition) is 0. The van der Waals surface area contributed by atoms with Gasteiger partial charge in [-0.3, -0.25) is 9.59 Å². The molecule has 1 rings (SSSR count). The average Bonchev–Trinajstić information content (AvgIpc) is 2.92. The Bertz CT molecular complexity index is 442. The van der Waals surface area contributed by atoms with Crippen LogP contribution in [0.4, 0.5) is 0 Å². The fraction of sp³-hybridized carbons (Fsp3) is 0.625. The van der Waals surface area contributed by atoms with Crippen molar-refractivity contribution in [1.82, 2.24) is 0 Å². The normalized spacial score (nSPS) is 10.6. The maximum Gasteiger partial charge on any atom is 0.313 e. The lowest BCUT2D eigenvalue weighted by Gasteiger charge is -2.00. The van der Waals surface area contributed by atoms with Gasteiger partial charge in [-0.05, 0) is 42.7 Å². The molecule has 0 atom stereocenters. The molecule has 0 unspecified atom stereocenters. The van der Waals surface area contributed by atoms with E-state index in [-0.39, 0.29) is 12.2 Å². The van der Waals surface area contributed by atoms with E-state index in [1.165, 1.54) is 52.7 Å². The molecule has 0 aliphatic rings. The quantitative estimate of drug-likeness (QED) is 0.128. The van der Waals surface area contributed by atoms with Gasteiger partial charge in [0.2, 0.25) is 0 Å². The van der Waals surface area contributed by atoms with E-state index in [0.717, 1.165) is 6.42 Å². The van der Waals surface area contributed by atoms with Crippen LogP contribution in [0.5, 0.6) is 0 Å². The third-order valence-electron chi connectivity index (χ3n) is 3.10. The third-order valence-corrected chi connectivity index (χ3v) is 5.05. The first-order valence-corrected chi connectivity index (χ1v) is 9.85. The van der Waals surface area contributed by atoms with Gasteiger partial charge in [-0.15, -0.1) is 11.3 Å². The second kappa shape index (κ2) is 11.2. The predicted molar refractivity (Wildman–Crippen MR) is 95.6 cm³/mol. The van der Waals surface area contributed by atoms with Gasteiger partial charge in [0.1, 0.15) is 6.42 Å². The molecule has 21 heavy (non-hydrogen) atoms. The fourth-order valence-electron chi connectivity index (χ4n) is 2.02. The number of carbonyl (C=O) groups is 2. The number of ketones is 1. The first-order valence-electron chi connectivity index (χ1n) is 7.51. The Morgan fingerprint density at radius 2 is 1.86 bits per heavy atom. The molecule has 3 nitrogen and oxygen atoms in total. The second-order valence-electron chi connectivity index (χ2n) is 4.88. The van der Waals surface area contributed by atoms with Crippen molar-refractivity contribution in [1.29, 1.82) is 0 Å². The molecule has 0 N–H and O–H groups in total. The number of hydrogen-bond acceptors (Lipinski definition) is 4. The molecule has 0 saturated carbocycles. The first kappa shape index (κ1) is 18.6. The van der Waals surface area contributed by atoms with Crippen LogP contribution in [0.1, 0.15) is 60.0 Å². The molecule has 0 amide bonds. The van der Waals surface area contributed by atoms with Crippen molar-refractivity contribution in [2.75, 3.05) is 11.0 Å². The Balaban J connectivity index is 2.29. The summed E-state index contributed by atoms with van der Waals surface area (Å²) in [5.74, 6) is -0.570. The average molecular weight is 422 g/mol. The summed E-state index contributed by atoms with van der Waals surface area (Å²) in [6.07, 6.45) is 7.23. The van der Waals surface area contributed by atoms with Gasteiger partial charge < -0.3 is 4.74 Å². The summed E-state index contributed by atoms with van der Waals surface area (Å²) in [6.45, 7) is 2.06. The van der Waals surface area contributed by atoms with Crippen molar-refractivity contribution in [2.24, 2.45) is 0 Å². The summed E-state index contributed by atoms with van der Waals surface area (Å²) in [5.41, 5.74) is 0. The highest BCUT2D eigenvalue weighted by atomic mass is 127. The molecule has 0 aromatic carbocycles. The zero-order chi connectivity index (χ0) is 15.5. The number of ether oxygens (including phenoxy) is 1. The molecule has 0 aliphatic heterocycles. The monoisotopic (exact) mass is 422 g/mol. The lowest BCUT2D eigenvalue weighted by Crippen LogP contribution is -2.10. The van der Waals surface area contributed by atoms with E-state index >= 15 is 0 Å². The van der Waals surface area contributed by atoms with Gasteiger partial charge in [0.05, 0.1) is 11.5 Å². The van der Waals surface area contributed by atoms with Gasteiger partial charge in [-0.25, -0.2) is 0 Å². The highest BCUT2D eigenvalue weighted by Gasteiger charge is 2.14. The molecular weight excluding hydrogens is 399 g/mol. The lowest BCUT2D eigenvalue weighted by atomic mass is 10.1. The fourth-order valence-corrected chi connectivity index (χ4v) is 3.54. The van der Waals surface area contributed by atoms with Gasteiger partial charge in [0.15, 0.2) is 5.78 Å². The summed E-state index contributed by atoms with van der Waals surface area (Å²) >= 11 is 3.93. The molecule has 1 aromatic rings. The van der Waals surface area contributed by atoms with Gasteiger partial charge in [-0.2, -0.15) is 0 Å². The Kier molecular flexibility index (Phi) is 9.91. The van der Waals surface area contributed by atoms with Gasteiger partial charge in [0, 0.05) is 4.88 Å². The van der Waals surface area contributed by atoms with E-state index in [1.807, 2.05) is 12.1 Å². The van der Waals surface area contributed by atoms with E-state index in [0.29, 0.717) is 11.5 Å². The van der Waals surface area contributed by atoms with Crippen molar-refractivity contribution in [3.05, 3.63) is 21.9 Å². The van der Waals surface area contributed by atoms with Crippen LogP contribution < -0.4 is 0 Å². The lowest BCUT2D eigenvalue weighted by molar-refractivity contribution is -0.141. The highest BCUT2D eigenvalue weighted by molar-refractivity contribution is 14.1. The Morgan fingerprint density at radius 3 is 2.57 bits per heavy atom. The van der Waals surface area contributed by atoms with Crippen molar-refractivity contribution >= 4 is 45.7 Å². The minimum Gasteiger partial charge on any atom is -0.466 e. The molecular formula is C16H23IO3S. The molecule has 1 aromatic heterocycles. The summed E-state index contributed by atoms with van der Waals surface area (Å²) in [6, 6.07) is 3.84. The molecule has 1 heterocycles. The number of Topliss-reactive ketones (excluding diaryl/α,β-unsaturated/α-hetero) is 1. The molecule has 0 spiro atoms. The van der Waals surface area contributed by atoms with Gasteiger partial charge in [-0.1, -0.05) is 41.9 Å². The second-order valence-corrected chi connectivity index (χ2v) is 7.12. The molecule has 0 bridgehead atoms. The molecule has 118 valence electrons. The largest absolute Gasteiger partial charge is 0.466 e. The number of halogens is 1. The predicted octanol–water partition coefficient (Wildman–Crippen LogP) is 4.81. The first-order chi connectivity index (χ1) is 10.2. The van der Waals surface area contributed by atoms with Crippen molar-refractivity contribution in [3.8, 4) is 0 Å². The van der Waals surface area contributed by atoms with Crippen molar-refractivity contribution < 1.29 is 14.3 Å². The minimum atomic E-state index is -0.437. The zero-order valence-corrected chi connectivity index (χ0v) is 15.5. The number of unbranched alkanes of at least 4 members (excludes halogenated alkanes) is 4. The van der Waals surface area contributed by atoms with E-state index in [9.17, 15) is 9.59 Å². The summed E-state index contributed by atoms with van der Waals surface area (Å²) in [7, 11) is 0. The number of rotatable bonds is 11. The summed E-state index contributed by atoms with van der Waals surface area (Å²) < 4.78 is 6.04. The Hall–Kier alpha value is -0.430. The Morgan fingerprint density at radius 1 is 1.14 bits per heavy atom. The molecule has 0 aliphatic carbocycles. The standard InChI is InChI=1S/C16H23IO3S/c1-2-20-16(19)12-14(18)15-10-9-13(21-15)8-6-4-3-5-7-11-17/h9-10H,2-8,11-12H2,1H3. The van der Waals surface area contributed by atoms with E-state index in [4.69, 9.17) is 4.74 Å². The van der Waals surface area contributed by atoms with Crippen LogP contribution in [0.3, 0.4) is 0 Å². The van der Waals surface area contributed by atoms with Crippen LogP contribution in [0.15, 0.2) is 12.1 Å². The van der Waals surface area contributed by atoms with Crippen LogP contribution in [0.25, 0.3) is 0 Å². The zero-order valence-electron chi connectivity index (χ0n) is 12.5. The van der Waals surface area contributed by atoms with Gasteiger partial charge >= 0.3 is 5.97 Å². The van der Waals surface area contributed by atoms with E-state index < -0.39 is 5.97 Å². The maximum absolute atomic E-state index is 11.9. The van der Waals surface area contributed by atoms with Gasteiger partial charge in [0.25, 0.3) is 0 Å². The molecule has 0 saturated heterocycles. The third kappa shape index (κ3) is 7.95. The summed E-state index contributed by atoms with van der Waals surface area (Å²) in [4.78, 5) is 25.1. The van der Waals surface area contributed by atoms with Crippen molar-refractivity contribution in [3.63, 3.8) is 0 Å². The minimum absolute atomic E-state index is 0.133. The molecule has 0 radical (unpaired) electrons. The van der Waals surface area contributed by atoms with E-state index in [2.05, 4.69) is 22.6 Å². The van der Waals surface area contributed by atoms with Crippen LogP contribution in [-0.2, 0) is 16.0 Å². The Labute approximate surface area is 144 Å². The number of thiophene rings is 1. The van der Waals surface area contributed by atoms with Crippen LogP contribution >= 0.6 is 33.9 Å². The highest BCUT2D eigenvalue weighted by Crippen LogP contribution is 2.21. The van der Waals surface area contributed by atoms with Crippen LogP contribution in [0.2, 0.25) is 0 Å². The van der Waals surface area contributed by atoms with Crippen LogP contribution in [-0.4, -0.2) is 22.8 Å². The number of aryl methyl sites for hydroxylation is 1. The molecule has 5 heteroatoms.